The topological polar surface area (TPSA) is 93.1 Å². The first-order valence-corrected chi connectivity index (χ1v) is 6.20. The smallest absolute Gasteiger partial charge is 0.332 e. The van der Waals surface area contributed by atoms with Crippen molar-refractivity contribution >= 4 is 12.0 Å². The number of urea groups is 1. The van der Waals surface area contributed by atoms with Crippen LogP contribution in [0.5, 0.6) is 0 Å². The van der Waals surface area contributed by atoms with E-state index in [4.69, 9.17) is 10.2 Å². The number of hydrogen-bond donors (Lipinski definition) is 3. The lowest BCUT2D eigenvalue weighted by atomic mass is 10.2. The molecule has 18 heavy (non-hydrogen) atoms. The standard InChI is InChI=1S/C11H21N3O4/c1-2-13-5-7-14(8-6-13)11(18)12-4-3-9(15)10(16)17/h9,15H,2-8H2,1H3,(H,12,18)(H,16,17)/t9-/m0/s1. The fourth-order valence-electron chi connectivity index (χ4n) is 1.82. The number of rotatable bonds is 5. The molecule has 0 spiro atoms. The van der Waals surface area contributed by atoms with E-state index in [0.29, 0.717) is 13.1 Å². The van der Waals surface area contributed by atoms with Crippen LogP contribution in [0.3, 0.4) is 0 Å². The normalized spacial score (nSPS) is 18.4. The Morgan fingerprint density at radius 3 is 2.39 bits per heavy atom. The summed E-state index contributed by atoms with van der Waals surface area (Å²) in [5, 5.41) is 20.1. The van der Waals surface area contributed by atoms with Crippen LogP contribution in [0.2, 0.25) is 0 Å². The van der Waals surface area contributed by atoms with Crippen molar-refractivity contribution in [3.63, 3.8) is 0 Å². The highest BCUT2D eigenvalue weighted by atomic mass is 16.4. The summed E-state index contributed by atoms with van der Waals surface area (Å²) >= 11 is 0. The number of likely N-dealkylation sites (N-methyl/N-ethyl adjacent to an activating group) is 1. The van der Waals surface area contributed by atoms with Crippen molar-refractivity contribution in [2.45, 2.75) is 19.4 Å². The van der Waals surface area contributed by atoms with Crippen molar-refractivity contribution in [2.24, 2.45) is 0 Å². The van der Waals surface area contributed by atoms with Gasteiger partial charge in [0, 0.05) is 39.1 Å². The predicted molar refractivity (Wildman–Crippen MR) is 65.3 cm³/mol. The Morgan fingerprint density at radius 1 is 1.28 bits per heavy atom. The molecule has 0 saturated carbocycles. The molecule has 104 valence electrons. The Labute approximate surface area is 106 Å². The van der Waals surface area contributed by atoms with Crippen molar-refractivity contribution in [3.05, 3.63) is 0 Å². The van der Waals surface area contributed by atoms with Gasteiger partial charge in [0.25, 0.3) is 0 Å². The van der Waals surface area contributed by atoms with Crippen molar-refractivity contribution in [3.8, 4) is 0 Å². The average Bonchev–Trinajstić information content (AvgIpc) is 2.38. The van der Waals surface area contributed by atoms with Crippen LogP contribution in [-0.2, 0) is 4.79 Å². The third-order valence-electron chi connectivity index (χ3n) is 3.09. The molecule has 0 aromatic rings. The molecule has 0 aliphatic carbocycles. The van der Waals surface area contributed by atoms with E-state index in [0.717, 1.165) is 19.6 Å². The lowest BCUT2D eigenvalue weighted by Gasteiger charge is -2.34. The van der Waals surface area contributed by atoms with Gasteiger partial charge in [0.2, 0.25) is 0 Å². The molecule has 1 fully saturated rings. The van der Waals surface area contributed by atoms with Crippen LogP contribution in [0.1, 0.15) is 13.3 Å². The summed E-state index contributed by atoms with van der Waals surface area (Å²) in [6.45, 7) is 6.33. The summed E-state index contributed by atoms with van der Waals surface area (Å²) in [6, 6.07) is -0.191. The maximum atomic E-state index is 11.7. The Morgan fingerprint density at radius 2 is 1.89 bits per heavy atom. The predicted octanol–water partition coefficient (Wildman–Crippen LogP) is -0.831. The minimum Gasteiger partial charge on any atom is -0.479 e. The molecule has 1 saturated heterocycles. The molecule has 2 amide bonds. The van der Waals surface area contributed by atoms with E-state index in [1.807, 2.05) is 0 Å². The molecule has 0 unspecified atom stereocenters. The van der Waals surface area contributed by atoms with Crippen molar-refractivity contribution in [1.29, 1.82) is 0 Å². The molecule has 1 aliphatic rings. The van der Waals surface area contributed by atoms with Gasteiger partial charge in [0.1, 0.15) is 0 Å². The molecular weight excluding hydrogens is 238 g/mol. The average molecular weight is 259 g/mol. The number of amides is 2. The molecule has 7 heteroatoms. The highest BCUT2D eigenvalue weighted by Gasteiger charge is 2.20. The fourth-order valence-corrected chi connectivity index (χ4v) is 1.82. The SMILES string of the molecule is CCN1CCN(C(=O)NCC[C@H](O)C(=O)O)CC1. The molecule has 0 radical (unpaired) electrons. The Balaban J connectivity index is 2.19. The number of nitrogens with zero attached hydrogens (tertiary/aromatic N) is 2. The number of aliphatic hydroxyl groups is 1. The first-order valence-electron chi connectivity index (χ1n) is 6.20. The van der Waals surface area contributed by atoms with Crippen LogP contribution < -0.4 is 5.32 Å². The molecule has 7 nitrogen and oxygen atoms in total. The summed E-state index contributed by atoms with van der Waals surface area (Å²) in [5.41, 5.74) is 0. The van der Waals surface area contributed by atoms with Gasteiger partial charge in [-0.1, -0.05) is 6.92 Å². The number of nitrogens with one attached hydrogen (secondary N) is 1. The van der Waals surface area contributed by atoms with Crippen LogP contribution in [0.25, 0.3) is 0 Å². The van der Waals surface area contributed by atoms with E-state index >= 15 is 0 Å². The monoisotopic (exact) mass is 259 g/mol. The maximum absolute atomic E-state index is 11.7. The van der Waals surface area contributed by atoms with Gasteiger partial charge in [0.15, 0.2) is 6.10 Å². The molecule has 1 atom stereocenters. The summed E-state index contributed by atoms with van der Waals surface area (Å²) in [5.74, 6) is -1.26. The quantitative estimate of drug-likeness (QED) is 0.599. The number of aliphatic hydroxyl groups excluding tert-OH is 1. The second-order valence-electron chi connectivity index (χ2n) is 4.30. The van der Waals surface area contributed by atoms with Gasteiger partial charge in [-0.05, 0) is 6.54 Å². The van der Waals surface area contributed by atoms with Crippen molar-refractivity contribution in [1.82, 2.24) is 15.1 Å². The van der Waals surface area contributed by atoms with E-state index in [9.17, 15) is 9.59 Å². The van der Waals surface area contributed by atoms with Gasteiger partial charge in [0.05, 0.1) is 0 Å². The van der Waals surface area contributed by atoms with Crippen LogP contribution in [0.4, 0.5) is 4.79 Å². The summed E-state index contributed by atoms with van der Waals surface area (Å²) < 4.78 is 0. The van der Waals surface area contributed by atoms with E-state index in [1.54, 1.807) is 4.90 Å². The number of hydrogen-bond acceptors (Lipinski definition) is 4. The fraction of sp³-hybridized carbons (Fsp3) is 0.818. The number of carboxylic acids is 1. The van der Waals surface area contributed by atoms with Crippen molar-refractivity contribution in [2.75, 3.05) is 39.3 Å². The van der Waals surface area contributed by atoms with Crippen LogP contribution in [0, 0.1) is 0 Å². The second kappa shape index (κ2) is 7.17. The summed E-state index contributed by atoms with van der Waals surface area (Å²) in [7, 11) is 0. The third kappa shape index (κ3) is 4.50. The molecule has 3 N–H and O–H groups in total. The Bertz CT molecular complexity index is 290. The van der Waals surface area contributed by atoms with Gasteiger partial charge in [-0.2, -0.15) is 0 Å². The zero-order valence-electron chi connectivity index (χ0n) is 10.6. The molecule has 1 rings (SSSR count). The number of aliphatic carboxylic acids is 1. The van der Waals surface area contributed by atoms with Crippen LogP contribution in [-0.4, -0.2) is 77.4 Å². The Hall–Kier alpha value is -1.34. The highest BCUT2D eigenvalue weighted by molar-refractivity contribution is 5.74. The molecule has 0 aromatic heterocycles. The number of piperazine rings is 1. The zero-order valence-corrected chi connectivity index (χ0v) is 10.6. The zero-order chi connectivity index (χ0) is 13.5. The lowest BCUT2D eigenvalue weighted by Crippen LogP contribution is -2.51. The van der Waals surface area contributed by atoms with Crippen molar-refractivity contribution < 1.29 is 19.8 Å². The van der Waals surface area contributed by atoms with E-state index in [2.05, 4.69) is 17.1 Å². The van der Waals surface area contributed by atoms with Crippen LogP contribution in [0.15, 0.2) is 0 Å². The minimum absolute atomic E-state index is 0.0238. The molecule has 1 aliphatic heterocycles. The maximum Gasteiger partial charge on any atom is 0.332 e. The third-order valence-corrected chi connectivity index (χ3v) is 3.09. The van der Waals surface area contributed by atoms with Gasteiger partial charge < -0.3 is 25.3 Å². The summed E-state index contributed by atoms with van der Waals surface area (Å²) in [6.07, 6.45) is -1.39. The van der Waals surface area contributed by atoms with Gasteiger partial charge in [-0.3, -0.25) is 0 Å². The Kier molecular flexibility index (Phi) is 5.87. The van der Waals surface area contributed by atoms with Crippen LogP contribution >= 0.6 is 0 Å². The number of carbonyl (C=O) groups is 2. The number of carboxylic acid groups (broad SMARTS) is 1. The highest BCUT2D eigenvalue weighted by Crippen LogP contribution is 2.01. The molecular formula is C11H21N3O4. The lowest BCUT2D eigenvalue weighted by molar-refractivity contribution is -0.146. The molecule has 1 heterocycles. The molecule has 0 aromatic carbocycles. The largest absolute Gasteiger partial charge is 0.479 e. The van der Waals surface area contributed by atoms with Gasteiger partial charge >= 0.3 is 12.0 Å². The van der Waals surface area contributed by atoms with E-state index < -0.39 is 12.1 Å². The van der Waals surface area contributed by atoms with Gasteiger partial charge in [-0.25, -0.2) is 9.59 Å². The first-order chi connectivity index (χ1) is 8.54. The number of carbonyl (C=O) groups excluding carboxylic acids is 1. The summed E-state index contributed by atoms with van der Waals surface area (Å²) in [4.78, 5) is 26.0. The minimum atomic E-state index is -1.41. The van der Waals surface area contributed by atoms with E-state index in [-0.39, 0.29) is 19.0 Å². The second-order valence-corrected chi connectivity index (χ2v) is 4.30. The first kappa shape index (κ1) is 14.7. The van der Waals surface area contributed by atoms with Gasteiger partial charge in [-0.15, -0.1) is 0 Å². The van der Waals surface area contributed by atoms with E-state index in [1.165, 1.54) is 0 Å². The molecule has 0 bridgehead atoms.